The van der Waals surface area contributed by atoms with E-state index in [1.165, 1.54) is 0 Å². The zero-order valence-corrected chi connectivity index (χ0v) is 11.5. The molecule has 3 N–H and O–H groups in total. The van der Waals surface area contributed by atoms with Gasteiger partial charge in [0, 0.05) is 19.0 Å². The maximum Gasteiger partial charge on any atom is 0.237 e. The van der Waals surface area contributed by atoms with E-state index in [9.17, 15) is 9.59 Å². The van der Waals surface area contributed by atoms with Gasteiger partial charge in [-0.25, -0.2) is 0 Å². The molecule has 104 valence electrons. The molecule has 2 aliphatic rings. The van der Waals surface area contributed by atoms with Crippen LogP contribution in [0, 0.1) is 0 Å². The molecular formula is C12H22ClN3O2. The molecule has 1 saturated heterocycles. The maximum atomic E-state index is 11.7. The lowest BCUT2D eigenvalue weighted by molar-refractivity contribution is -0.128. The van der Waals surface area contributed by atoms with E-state index >= 15 is 0 Å². The number of nitrogens with one attached hydrogen (secondary N) is 1. The maximum absolute atomic E-state index is 11.7. The molecule has 0 aromatic heterocycles. The van der Waals surface area contributed by atoms with E-state index in [0.717, 1.165) is 19.3 Å². The molecule has 2 atom stereocenters. The SMILES string of the molecule is CCCC(N)C(=O)NC1CC(=O)N(C2CC2)C1.Cl. The van der Waals surface area contributed by atoms with Gasteiger partial charge < -0.3 is 16.0 Å². The average molecular weight is 276 g/mol. The van der Waals surface area contributed by atoms with Gasteiger partial charge in [-0.2, -0.15) is 0 Å². The lowest BCUT2D eigenvalue weighted by atomic mass is 10.1. The highest BCUT2D eigenvalue weighted by Gasteiger charge is 2.39. The second-order valence-electron chi connectivity index (χ2n) is 5.08. The van der Waals surface area contributed by atoms with Crippen molar-refractivity contribution in [3.05, 3.63) is 0 Å². The number of halogens is 1. The predicted molar refractivity (Wildman–Crippen MR) is 71.4 cm³/mol. The quantitative estimate of drug-likeness (QED) is 0.763. The zero-order chi connectivity index (χ0) is 12.4. The first-order chi connectivity index (χ1) is 8.11. The Morgan fingerprint density at radius 1 is 1.56 bits per heavy atom. The third-order valence-electron chi connectivity index (χ3n) is 3.43. The summed E-state index contributed by atoms with van der Waals surface area (Å²) in [4.78, 5) is 25.3. The fourth-order valence-electron chi connectivity index (χ4n) is 2.32. The van der Waals surface area contributed by atoms with Crippen molar-refractivity contribution >= 4 is 24.2 Å². The minimum atomic E-state index is -0.440. The first kappa shape index (κ1) is 15.2. The standard InChI is InChI=1S/C12H21N3O2.ClH/c1-2-3-10(13)12(17)14-8-6-11(16)15(7-8)9-4-5-9;/h8-10H,2-7,13H2,1H3,(H,14,17);1H. The average Bonchev–Trinajstić information content (AvgIpc) is 3.04. The summed E-state index contributed by atoms with van der Waals surface area (Å²) < 4.78 is 0. The zero-order valence-electron chi connectivity index (χ0n) is 10.7. The lowest BCUT2D eigenvalue weighted by Crippen LogP contribution is -2.46. The fraction of sp³-hybridized carbons (Fsp3) is 0.833. The molecule has 2 amide bonds. The van der Waals surface area contributed by atoms with Crippen LogP contribution in [0.3, 0.4) is 0 Å². The molecule has 0 spiro atoms. The number of hydrogen-bond donors (Lipinski definition) is 2. The molecule has 0 radical (unpaired) electrons. The molecule has 18 heavy (non-hydrogen) atoms. The number of carbonyl (C=O) groups excluding carboxylic acids is 2. The molecule has 6 heteroatoms. The molecule has 1 heterocycles. The van der Waals surface area contributed by atoms with E-state index in [0.29, 0.717) is 25.4 Å². The molecule has 2 unspecified atom stereocenters. The fourth-order valence-corrected chi connectivity index (χ4v) is 2.32. The highest BCUT2D eigenvalue weighted by molar-refractivity contribution is 5.85. The van der Waals surface area contributed by atoms with E-state index in [1.54, 1.807) is 0 Å². The summed E-state index contributed by atoms with van der Waals surface area (Å²) in [6.07, 6.45) is 4.25. The number of nitrogens with zero attached hydrogens (tertiary/aromatic N) is 1. The van der Waals surface area contributed by atoms with Crippen molar-refractivity contribution in [1.29, 1.82) is 0 Å². The number of nitrogens with two attached hydrogens (primary N) is 1. The Morgan fingerprint density at radius 2 is 2.22 bits per heavy atom. The molecule has 1 aliphatic heterocycles. The van der Waals surface area contributed by atoms with Crippen LogP contribution in [0.15, 0.2) is 0 Å². The third kappa shape index (κ3) is 3.59. The Morgan fingerprint density at radius 3 is 2.78 bits per heavy atom. The molecule has 2 fully saturated rings. The van der Waals surface area contributed by atoms with Crippen LogP contribution in [0.1, 0.15) is 39.0 Å². The van der Waals surface area contributed by atoms with Crippen molar-refractivity contribution in [2.45, 2.75) is 57.2 Å². The number of amides is 2. The molecule has 0 bridgehead atoms. The minimum absolute atomic E-state index is 0. The Labute approximate surface area is 114 Å². The van der Waals surface area contributed by atoms with Crippen LogP contribution in [0.25, 0.3) is 0 Å². The van der Waals surface area contributed by atoms with Crippen LogP contribution in [0.4, 0.5) is 0 Å². The first-order valence-corrected chi connectivity index (χ1v) is 6.47. The highest BCUT2D eigenvalue weighted by atomic mass is 35.5. The van der Waals surface area contributed by atoms with Crippen molar-refractivity contribution in [1.82, 2.24) is 10.2 Å². The van der Waals surface area contributed by atoms with Crippen molar-refractivity contribution in [3.63, 3.8) is 0 Å². The molecule has 2 rings (SSSR count). The summed E-state index contributed by atoms with van der Waals surface area (Å²) in [5.74, 6) is 0.0455. The minimum Gasteiger partial charge on any atom is -0.350 e. The van der Waals surface area contributed by atoms with E-state index in [-0.39, 0.29) is 30.3 Å². The van der Waals surface area contributed by atoms with E-state index < -0.39 is 6.04 Å². The molecule has 0 aromatic carbocycles. The van der Waals surface area contributed by atoms with Crippen LogP contribution in [-0.2, 0) is 9.59 Å². The number of likely N-dealkylation sites (tertiary alicyclic amines) is 1. The topological polar surface area (TPSA) is 75.4 Å². The molecule has 1 aliphatic carbocycles. The highest BCUT2D eigenvalue weighted by Crippen LogP contribution is 2.30. The van der Waals surface area contributed by atoms with Crippen molar-refractivity contribution in [2.75, 3.05) is 6.54 Å². The largest absolute Gasteiger partial charge is 0.350 e. The number of carbonyl (C=O) groups is 2. The van der Waals surface area contributed by atoms with Gasteiger partial charge in [0.2, 0.25) is 11.8 Å². The summed E-state index contributed by atoms with van der Waals surface area (Å²) in [5, 5.41) is 2.88. The van der Waals surface area contributed by atoms with E-state index in [1.807, 2.05) is 11.8 Å². The smallest absolute Gasteiger partial charge is 0.237 e. The molecule has 1 saturated carbocycles. The van der Waals surface area contributed by atoms with Gasteiger partial charge in [-0.1, -0.05) is 13.3 Å². The van der Waals surface area contributed by atoms with Gasteiger partial charge >= 0.3 is 0 Å². The monoisotopic (exact) mass is 275 g/mol. The Hall–Kier alpha value is -0.810. The summed E-state index contributed by atoms with van der Waals surface area (Å²) in [6.45, 7) is 2.66. The predicted octanol–water partition coefficient (Wildman–Crippen LogP) is 0.415. The van der Waals surface area contributed by atoms with Gasteiger partial charge in [0.1, 0.15) is 0 Å². The van der Waals surface area contributed by atoms with Crippen LogP contribution in [0.2, 0.25) is 0 Å². The summed E-state index contributed by atoms with van der Waals surface area (Å²) in [5.41, 5.74) is 5.74. The third-order valence-corrected chi connectivity index (χ3v) is 3.43. The van der Waals surface area contributed by atoms with Crippen LogP contribution < -0.4 is 11.1 Å². The van der Waals surface area contributed by atoms with Crippen LogP contribution in [0.5, 0.6) is 0 Å². The van der Waals surface area contributed by atoms with Crippen molar-refractivity contribution < 1.29 is 9.59 Å². The van der Waals surface area contributed by atoms with Gasteiger partial charge in [0.25, 0.3) is 0 Å². The number of rotatable bonds is 5. The van der Waals surface area contributed by atoms with E-state index in [4.69, 9.17) is 5.73 Å². The van der Waals surface area contributed by atoms with Gasteiger partial charge in [0.15, 0.2) is 0 Å². The Balaban J connectivity index is 0.00000162. The van der Waals surface area contributed by atoms with Crippen molar-refractivity contribution in [3.8, 4) is 0 Å². The molecular weight excluding hydrogens is 254 g/mol. The van der Waals surface area contributed by atoms with Gasteiger partial charge in [-0.05, 0) is 19.3 Å². The number of hydrogen-bond acceptors (Lipinski definition) is 3. The van der Waals surface area contributed by atoms with Gasteiger partial charge in [-0.3, -0.25) is 9.59 Å². The van der Waals surface area contributed by atoms with Crippen LogP contribution in [-0.4, -0.2) is 41.4 Å². The van der Waals surface area contributed by atoms with Crippen LogP contribution >= 0.6 is 12.4 Å². The van der Waals surface area contributed by atoms with Crippen molar-refractivity contribution in [2.24, 2.45) is 5.73 Å². The van der Waals surface area contributed by atoms with Gasteiger partial charge in [-0.15, -0.1) is 12.4 Å². The summed E-state index contributed by atoms with van der Waals surface area (Å²) in [7, 11) is 0. The molecule has 5 nitrogen and oxygen atoms in total. The normalized spacial score (nSPS) is 24.7. The Kier molecular flexibility index (Phi) is 5.41. The molecule has 0 aromatic rings. The summed E-state index contributed by atoms with van der Waals surface area (Å²) >= 11 is 0. The second-order valence-corrected chi connectivity index (χ2v) is 5.08. The lowest BCUT2D eigenvalue weighted by Gasteiger charge is -2.17. The van der Waals surface area contributed by atoms with Gasteiger partial charge in [0.05, 0.1) is 12.1 Å². The second kappa shape index (κ2) is 6.38. The van der Waals surface area contributed by atoms with E-state index in [2.05, 4.69) is 5.32 Å². The Bertz CT molecular complexity index is 320. The first-order valence-electron chi connectivity index (χ1n) is 6.47. The summed E-state index contributed by atoms with van der Waals surface area (Å²) in [6, 6.07) is -0.0442.